The lowest BCUT2D eigenvalue weighted by Crippen LogP contribution is -2.13. The number of para-hydroxylation sites is 2. The van der Waals surface area contributed by atoms with Crippen LogP contribution < -0.4 is 4.90 Å². The Morgan fingerprint density at radius 1 is 0.438 bits per heavy atom. The van der Waals surface area contributed by atoms with E-state index < -0.39 is 0 Å². The van der Waals surface area contributed by atoms with Crippen molar-refractivity contribution in [1.82, 2.24) is 0 Å². The van der Waals surface area contributed by atoms with Crippen LogP contribution in [0.4, 0.5) is 17.1 Å². The van der Waals surface area contributed by atoms with Crippen LogP contribution in [0, 0.1) is 0 Å². The summed E-state index contributed by atoms with van der Waals surface area (Å²) in [6.07, 6.45) is 0.957. The Kier molecular flexibility index (Phi) is 4.58. The molecule has 5 aromatic rings. The van der Waals surface area contributed by atoms with E-state index in [-0.39, 0.29) is 0 Å². The van der Waals surface area contributed by atoms with Gasteiger partial charge in [0, 0.05) is 17.7 Å². The number of rotatable bonds is 4. The van der Waals surface area contributed by atoms with Crippen LogP contribution in [-0.2, 0) is 6.42 Å². The Morgan fingerprint density at radius 3 is 1.84 bits per heavy atom. The Labute approximate surface area is 189 Å². The highest BCUT2D eigenvalue weighted by Gasteiger charge is 2.25. The molecule has 0 aromatic heterocycles. The number of fused-ring (bicyclic) bond motifs is 3. The lowest BCUT2D eigenvalue weighted by atomic mass is 9.99. The van der Waals surface area contributed by atoms with Crippen molar-refractivity contribution in [3.8, 4) is 22.3 Å². The summed E-state index contributed by atoms with van der Waals surface area (Å²) in [5, 5.41) is 0. The zero-order chi connectivity index (χ0) is 21.3. The number of nitrogens with zero attached hydrogens (tertiary/aromatic N) is 1. The largest absolute Gasteiger partial charge is 0.310 e. The maximum Gasteiger partial charge on any atom is 0.0540 e. The predicted molar refractivity (Wildman–Crippen MR) is 135 cm³/mol. The van der Waals surface area contributed by atoms with E-state index in [2.05, 4.69) is 132 Å². The number of anilines is 3. The van der Waals surface area contributed by atoms with Gasteiger partial charge in [-0.3, -0.25) is 0 Å². The number of hydrogen-bond acceptors (Lipinski definition) is 1. The van der Waals surface area contributed by atoms with E-state index in [1.54, 1.807) is 0 Å². The van der Waals surface area contributed by atoms with Crippen molar-refractivity contribution >= 4 is 17.1 Å². The van der Waals surface area contributed by atoms with Gasteiger partial charge in [0.05, 0.1) is 11.4 Å². The monoisotopic (exact) mass is 409 g/mol. The standard InChI is InChI=1S/C31H23N/c1-3-12-23(13-4-1)27-18-9-10-20-30(27)32(25-15-5-2-6-16-25)31-21-11-19-28-26-17-8-7-14-24(26)22-29(28)31/h1-21H,22H2. The molecule has 1 nitrogen and oxygen atoms in total. The average Bonchev–Trinajstić information content (AvgIpc) is 3.25. The first-order valence-electron chi connectivity index (χ1n) is 11.1. The summed E-state index contributed by atoms with van der Waals surface area (Å²) in [7, 11) is 0. The fraction of sp³-hybridized carbons (Fsp3) is 0.0323. The minimum Gasteiger partial charge on any atom is -0.310 e. The Balaban J connectivity index is 1.60. The zero-order valence-electron chi connectivity index (χ0n) is 17.8. The molecule has 0 radical (unpaired) electrons. The van der Waals surface area contributed by atoms with Crippen LogP contribution in [0.15, 0.2) is 127 Å². The number of benzene rings is 5. The lowest BCUT2D eigenvalue weighted by Gasteiger charge is -2.29. The highest BCUT2D eigenvalue weighted by atomic mass is 15.1. The van der Waals surface area contributed by atoms with Crippen molar-refractivity contribution in [3.05, 3.63) is 139 Å². The molecule has 0 atom stereocenters. The zero-order valence-corrected chi connectivity index (χ0v) is 17.8. The van der Waals surface area contributed by atoms with Gasteiger partial charge in [-0.1, -0.05) is 103 Å². The minimum absolute atomic E-state index is 0.957. The molecule has 0 aliphatic heterocycles. The molecule has 0 bridgehead atoms. The Bertz CT molecular complexity index is 1390. The molecular formula is C31H23N. The van der Waals surface area contributed by atoms with Gasteiger partial charge in [-0.15, -0.1) is 0 Å². The Morgan fingerprint density at radius 2 is 1.03 bits per heavy atom. The van der Waals surface area contributed by atoms with Gasteiger partial charge in [-0.05, 0) is 52.1 Å². The summed E-state index contributed by atoms with van der Waals surface area (Å²) in [6, 6.07) is 45.6. The SMILES string of the molecule is c1ccc(-c2ccccc2N(c2ccccc2)c2cccc3c2Cc2ccccc2-3)cc1. The molecule has 0 saturated carbocycles. The maximum atomic E-state index is 2.42. The van der Waals surface area contributed by atoms with Gasteiger partial charge in [0.2, 0.25) is 0 Å². The molecule has 0 unspecified atom stereocenters. The molecular weight excluding hydrogens is 386 g/mol. The van der Waals surface area contributed by atoms with Gasteiger partial charge >= 0.3 is 0 Å². The molecule has 5 aromatic carbocycles. The summed E-state index contributed by atoms with van der Waals surface area (Å²) in [6.45, 7) is 0. The fourth-order valence-electron chi connectivity index (χ4n) is 4.87. The lowest BCUT2D eigenvalue weighted by molar-refractivity contribution is 1.20. The van der Waals surface area contributed by atoms with E-state index in [0.717, 1.165) is 6.42 Å². The summed E-state index contributed by atoms with van der Waals surface area (Å²) < 4.78 is 0. The van der Waals surface area contributed by atoms with Crippen LogP contribution in [0.1, 0.15) is 11.1 Å². The Hall–Kier alpha value is -4.10. The molecule has 1 heteroatoms. The van der Waals surface area contributed by atoms with Gasteiger partial charge < -0.3 is 4.90 Å². The van der Waals surface area contributed by atoms with Gasteiger partial charge in [-0.2, -0.15) is 0 Å². The van der Waals surface area contributed by atoms with E-state index in [0.29, 0.717) is 0 Å². The fourth-order valence-corrected chi connectivity index (χ4v) is 4.87. The molecule has 152 valence electrons. The van der Waals surface area contributed by atoms with Crippen molar-refractivity contribution in [2.45, 2.75) is 6.42 Å². The van der Waals surface area contributed by atoms with Crippen LogP contribution in [-0.4, -0.2) is 0 Å². The van der Waals surface area contributed by atoms with Crippen molar-refractivity contribution in [1.29, 1.82) is 0 Å². The third-order valence-electron chi connectivity index (χ3n) is 6.31. The first-order chi connectivity index (χ1) is 15.9. The van der Waals surface area contributed by atoms with E-state index in [1.165, 1.54) is 50.4 Å². The molecule has 1 aliphatic rings. The molecule has 0 saturated heterocycles. The second kappa shape index (κ2) is 7.86. The van der Waals surface area contributed by atoms with Crippen LogP contribution in [0.5, 0.6) is 0 Å². The molecule has 0 spiro atoms. The summed E-state index contributed by atoms with van der Waals surface area (Å²) in [4.78, 5) is 2.42. The van der Waals surface area contributed by atoms with Gasteiger partial charge in [0.15, 0.2) is 0 Å². The summed E-state index contributed by atoms with van der Waals surface area (Å²) in [5.74, 6) is 0. The molecule has 0 heterocycles. The first-order valence-corrected chi connectivity index (χ1v) is 11.1. The normalized spacial score (nSPS) is 11.6. The van der Waals surface area contributed by atoms with Crippen LogP contribution in [0.2, 0.25) is 0 Å². The predicted octanol–water partition coefficient (Wildman–Crippen LogP) is 8.39. The van der Waals surface area contributed by atoms with E-state index in [9.17, 15) is 0 Å². The molecule has 0 amide bonds. The molecule has 1 aliphatic carbocycles. The van der Waals surface area contributed by atoms with Crippen LogP contribution in [0.3, 0.4) is 0 Å². The first kappa shape index (κ1) is 18.7. The second-order valence-corrected chi connectivity index (χ2v) is 8.19. The molecule has 32 heavy (non-hydrogen) atoms. The highest BCUT2D eigenvalue weighted by Crippen LogP contribution is 2.47. The van der Waals surface area contributed by atoms with E-state index >= 15 is 0 Å². The van der Waals surface area contributed by atoms with Gasteiger partial charge in [-0.25, -0.2) is 0 Å². The van der Waals surface area contributed by atoms with Crippen molar-refractivity contribution < 1.29 is 0 Å². The maximum absolute atomic E-state index is 2.42. The number of hydrogen-bond donors (Lipinski definition) is 0. The van der Waals surface area contributed by atoms with Gasteiger partial charge in [0.25, 0.3) is 0 Å². The van der Waals surface area contributed by atoms with Crippen molar-refractivity contribution in [2.24, 2.45) is 0 Å². The van der Waals surface area contributed by atoms with Crippen LogP contribution >= 0.6 is 0 Å². The van der Waals surface area contributed by atoms with Crippen molar-refractivity contribution in [3.63, 3.8) is 0 Å². The highest BCUT2D eigenvalue weighted by molar-refractivity contribution is 5.92. The third kappa shape index (κ3) is 3.11. The quantitative estimate of drug-likeness (QED) is 0.282. The smallest absolute Gasteiger partial charge is 0.0540 e. The minimum atomic E-state index is 0.957. The van der Waals surface area contributed by atoms with Crippen molar-refractivity contribution in [2.75, 3.05) is 4.90 Å². The van der Waals surface area contributed by atoms with E-state index in [1.807, 2.05) is 0 Å². The van der Waals surface area contributed by atoms with Gasteiger partial charge in [0.1, 0.15) is 0 Å². The molecule has 6 rings (SSSR count). The average molecular weight is 410 g/mol. The molecule has 0 N–H and O–H groups in total. The summed E-state index contributed by atoms with van der Waals surface area (Å²) in [5.41, 5.74) is 11.5. The molecule has 0 fully saturated rings. The third-order valence-corrected chi connectivity index (χ3v) is 6.31. The van der Waals surface area contributed by atoms with E-state index in [4.69, 9.17) is 0 Å². The summed E-state index contributed by atoms with van der Waals surface area (Å²) >= 11 is 0. The van der Waals surface area contributed by atoms with Crippen LogP contribution in [0.25, 0.3) is 22.3 Å². The second-order valence-electron chi connectivity index (χ2n) is 8.19. The topological polar surface area (TPSA) is 3.24 Å².